The third-order valence-electron chi connectivity index (χ3n) is 2.61. The van der Waals surface area contributed by atoms with Gasteiger partial charge in [0.2, 0.25) is 0 Å². The number of nitrogens with two attached hydrogens (primary N) is 1. The highest BCUT2D eigenvalue weighted by molar-refractivity contribution is 7.11. The van der Waals surface area contributed by atoms with Crippen LogP contribution in [-0.4, -0.2) is 17.1 Å². The first kappa shape index (κ1) is 10.1. The van der Waals surface area contributed by atoms with Crippen molar-refractivity contribution in [2.45, 2.75) is 44.9 Å². The Morgan fingerprint density at radius 1 is 1.64 bits per heavy atom. The van der Waals surface area contributed by atoms with Crippen LogP contribution in [0.2, 0.25) is 0 Å². The van der Waals surface area contributed by atoms with E-state index in [0.717, 1.165) is 17.8 Å². The molecule has 2 unspecified atom stereocenters. The quantitative estimate of drug-likeness (QED) is 0.831. The van der Waals surface area contributed by atoms with Crippen molar-refractivity contribution < 1.29 is 4.74 Å². The van der Waals surface area contributed by atoms with Gasteiger partial charge in [-0.25, -0.2) is 4.98 Å². The van der Waals surface area contributed by atoms with Gasteiger partial charge in [0, 0.05) is 12.2 Å². The molecule has 0 saturated heterocycles. The number of nitrogens with zero attached hydrogens (tertiary/aromatic N) is 1. The number of aromatic nitrogens is 1. The number of rotatable bonds is 3. The lowest BCUT2D eigenvalue weighted by molar-refractivity contribution is 0.0371. The van der Waals surface area contributed by atoms with Crippen molar-refractivity contribution in [2.75, 3.05) is 0 Å². The molecule has 4 heteroatoms. The van der Waals surface area contributed by atoms with E-state index in [2.05, 4.69) is 4.98 Å². The molecule has 1 heterocycles. The summed E-state index contributed by atoms with van der Waals surface area (Å²) in [6.07, 6.45) is 5.57. The minimum Gasteiger partial charge on any atom is -0.371 e. The molecule has 0 aromatic carbocycles. The van der Waals surface area contributed by atoms with E-state index in [1.807, 2.05) is 13.1 Å². The number of hydrogen-bond donors (Lipinski definition) is 1. The standard InChI is InChI=1S/C10H16N2OS/c1-7-12-5-8(14-7)6-13-10-4-2-3-9(10)11/h5,9-10H,2-4,6,11H2,1H3. The highest BCUT2D eigenvalue weighted by Gasteiger charge is 2.24. The summed E-state index contributed by atoms with van der Waals surface area (Å²) < 4.78 is 5.76. The summed E-state index contributed by atoms with van der Waals surface area (Å²) in [5, 5.41) is 1.10. The topological polar surface area (TPSA) is 48.1 Å². The van der Waals surface area contributed by atoms with Gasteiger partial charge in [0.25, 0.3) is 0 Å². The van der Waals surface area contributed by atoms with E-state index < -0.39 is 0 Å². The van der Waals surface area contributed by atoms with Gasteiger partial charge in [-0.2, -0.15) is 0 Å². The molecule has 1 aliphatic rings. The second-order valence-corrected chi connectivity index (χ2v) is 5.11. The van der Waals surface area contributed by atoms with Gasteiger partial charge in [-0.15, -0.1) is 11.3 Å². The Labute approximate surface area is 88.3 Å². The minimum absolute atomic E-state index is 0.240. The average Bonchev–Trinajstić information content (AvgIpc) is 2.72. The molecule has 1 fully saturated rings. The van der Waals surface area contributed by atoms with Crippen molar-refractivity contribution in [3.05, 3.63) is 16.1 Å². The highest BCUT2D eigenvalue weighted by Crippen LogP contribution is 2.22. The van der Waals surface area contributed by atoms with Gasteiger partial charge in [-0.3, -0.25) is 0 Å². The summed E-state index contributed by atoms with van der Waals surface area (Å²) in [6, 6.07) is 0.240. The monoisotopic (exact) mass is 212 g/mol. The smallest absolute Gasteiger partial charge is 0.0897 e. The zero-order valence-electron chi connectivity index (χ0n) is 8.40. The van der Waals surface area contributed by atoms with Crippen LogP contribution >= 0.6 is 11.3 Å². The first-order valence-corrected chi connectivity index (χ1v) is 5.86. The fourth-order valence-electron chi connectivity index (χ4n) is 1.82. The molecule has 3 nitrogen and oxygen atoms in total. The summed E-state index contributed by atoms with van der Waals surface area (Å²) in [7, 11) is 0. The van der Waals surface area contributed by atoms with Crippen LogP contribution in [0.3, 0.4) is 0 Å². The number of thiazole rings is 1. The Morgan fingerprint density at radius 3 is 3.07 bits per heavy atom. The summed E-state index contributed by atoms with van der Waals surface area (Å²) in [5.41, 5.74) is 5.91. The van der Waals surface area contributed by atoms with Gasteiger partial charge in [-0.05, 0) is 26.2 Å². The van der Waals surface area contributed by atoms with Crippen LogP contribution < -0.4 is 5.73 Å². The molecule has 2 rings (SSSR count). The van der Waals surface area contributed by atoms with E-state index in [1.54, 1.807) is 11.3 Å². The number of ether oxygens (including phenoxy) is 1. The molecular formula is C10H16N2OS. The van der Waals surface area contributed by atoms with E-state index in [0.29, 0.717) is 6.61 Å². The van der Waals surface area contributed by atoms with E-state index in [4.69, 9.17) is 10.5 Å². The van der Waals surface area contributed by atoms with Gasteiger partial charge in [-0.1, -0.05) is 0 Å². The maximum atomic E-state index is 5.91. The lowest BCUT2D eigenvalue weighted by Gasteiger charge is -2.15. The van der Waals surface area contributed by atoms with Gasteiger partial charge < -0.3 is 10.5 Å². The van der Waals surface area contributed by atoms with E-state index in [1.165, 1.54) is 11.3 Å². The fourth-order valence-corrected chi connectivity index (χ4v) is 2.54. The van der Waals surface area contributed by atoms with Crippen LogP contribution in [-0.2, 0) is 11.3 Å². The lowest BCUT2D eigenvalue weighted by atomic mass is 10.2. The van der Waals surface area contributed by atoms with Crippen LogP contribution in [0.1, 0.15) is 29.1 Å². The number of hydrogen-bond acceptors (Lipinski definition) is 4. The van der Waals surface area contributed by atoms with Gasteiger partial charge in [0.1, 0.15) is 0 Å². The summed E-state index contributed by atoms with van der Waals surface area (Å²) >= 11 is 1.70. The van der Waals surface area contributed by atoms with Gasteiger partial charge in [0.15, 0.2) is 0 Å². The predicted octanol–water partition coefficient (Wildman–Crippen LogP) is 1.85. The molecule has 1 aromatic heterocycles. The molecule has 0 amide bonds. The Balaban J connectivity index is 1.82. The van der Waals surface area contributed by atoms with Crippen LogP contribution in [0, 0.1) is 6.92 Å². The molecule has 0 radical (unpaired) electrons. The molecule has 0 spiro atoms. The maximum absolute atomic E-state index is 5.91. The summed E-state index contributed by atoms with van der Waals surface area (Å²) in [4.78, 5) is 5.38. The van der Waals surface area contributed by atoms with Crippen LogP contribution in [0.15, 0.2) is 6.20 Å². The first-order valence-electron chi connectivity index (χ1n) is 5.04. The van der Waals surface area contributed by atoms with Gasteiger partial charge in [0.05, 0.1) is 22.6 Å². The van der Waals surface area contributed by atoms with Crippen molar-refractivity contribution in [3.8, 4) is 0 Å². The molecule has 1 aromatic rings. The van der Waals surface area contributed by atoms with Crippen molar-refractivity contribution in [3.63, 3.8) is 0 Å². The Morgan fingerprint density at radius 2 is 2.50 bits per heavy atom. The van der Waals surface area contributed by atoms with Crippen LogP contribution in [0.4, 0.5) is 0 Å². The molecule has 78 valence electrons. The molecule has 2 N–H and O–H groups in total. The average molecular weight is 212 g/mol. The molecule has 1 aliphatic carbocycles. The normalized spacial score (nSPS) is 27.0. The largest absolute Gasteiger partial charge is 0.371 e. The minimum atomic E-state index is 0.240. The molecule has 14 heavy (non-hydrogen) atoms. The van der Waals surface area contributed by atoms with Crippen molar-refractivity contribution in [2.24, 2.45) is 5.73 Å². The SMILES string of the molecule is Cc1ncc(COC2CCCC2N)s1. The third kappa shape index (κ3) is 2.32. The third-order valence-corrected chi connectivity index (χ3v) is 3.50. The summed E-state index contributed by atoms with van der Waals surface area (Å²) in [5.74, 6) is 0. The lowest BCUT2D eigenvalue weighted by Crippen LogP contribution is -2.31. The number of aryl methyl sites for hydroxylation is 1. The summed E-state index contributed by atoms with van der Waals surface area (Å²) in [6.45, 7) is 2.68. The van der Waals surface area contributed by atoms with Crippen LogP contribution in [0.25, 0.3) is 0 Å². The first-order chi connectivity index (χ1) is 6.75. The van der Waals surface area contributed by atoms with E-state index >= 15 is 0 Å². The molecule has 2 atom stereocenters. The van der Waals surface area contributed by atoms with E-state index in [9.17, 15) is 0 Å². The molecular weight excluding hydrogens is 196 g/mol. The Bertz CT molecular complexity index is 300. The molecule has 0 bridgehead atoms. The van der Waals surface area contributed by atoms with Crippen LogP contribution in [0.5, 0.6) is 0 Å². The van der Waals surface area contributed by atoms with E-state index in [-0.39, 0.29) is 12.1 Å². The van der Waals surface area contributed by atoms with Crippen molar-refractivity contribution in [1.29, 1.82) is 0 Å². The van der Waals surface area contributed by atoms with Crippen molar-refractivity contribution in [1.82, 2.24) is 4.98 Å². The zero-order valence-corrected chi connectivity index (χ0v) is 9.22. The molecule has 1 saturated carbocycles. The van der Waals surface area contributed by atoms with Crippen molar-refractivity contribution >= 4 is 11.3 Å². The highest BCUT2D eigenvalue weighted by atomic mass is 32.1. The zero-order chi connectivity index (χ0) is 9.97. The fraction of sp³-hybridized carbons (Fsp3) is 0.700. The second kappa shape index (κ2) is 4.38. The maximum Gasteiger partial charge on any atom is 0.0897 e. The Kier molecular flexibility index (Phi) is 3.15. The van der Waals surface area contributed by atoms with Gasteiger partial charge >= 0.3 is 0 Å². The predicted molar refractivity (Wildman–Crippen MR) is 57.3 cm³/mol. The Hall–Kier alpha value is -0.450. The second-order valence-electron chi connectivity index (χ2n) is 3.79. The molecule has 0 aliphatic heterocycles.